The van der Waals surface area contributed by atoms with Gasteiger partial charge >= 0.3 is 29.6 Å². The maximum Gasteiger partial charge on any atom is 1.00 e. The van der Waals surface area contributed by atoms with Gasteiger partial charge in [-0.15, -0.1) is 0 Å². The largest absolute Gasteiger partial charge is 1.00 e. The molecule has 2 nitrogen and oxygen atoms in total. The molecule has 0 rings (SSSR count). The molecule has 10 heavy (non-hydrogen) atoms. The monoisotopic (exact) mass is 256 g/mol. The van der Waals surface area contributed by atoms with E-state index in [-0.39, 0.29) is 35.6 Å². The van der Waals surface area contributed by atoms with Crippen LogP contribution in [0.1, 0.15) is 0 Å². The molecule has 0 saturated heterocycles. The molecule has 8 heteroatoms. The van der Waals surface area contributed by atoms with E-state index < -0.39 is 7.25 Å². The van der Waals surface area contributed by atoms with Crippen LogP contribution in [0.25, 0.3) is 0 Å². The molecule has 0 amide bonds. The van der Waals surface area contributed by atoms with Gasteiger partial charge in [0.15, 0.2) is 0 Å². The molecule has 0 aliphatic rings. The molecule has 0 unspecified atom stereocenters. The predicted molar refractivity (Wildman–Crippen MR) is 24.4 cm³/mol. The minimum absolute atomic E-state index is 0. The van der Waals surface area contributed by atoms with E-state index in [0.29, 0.717) is 0 Å². The molecule has 0 heterocycles. The minimum atomic E-state index is -6.00. The van der Waals surface area contributed by atoms with Crippen LogP contribution in [0.4, 0.5) is 17.3 Å². The van der Waals surface area contributed by atoms with Crippen LogP contribution in [-0.2, 0) is 22.4 Å². The van der Waals surface area contributed by atoms with Crippen molar-refractivity contribution in [2.45, 2.75) is 0 Å². The molecule has 0 aromatic rings. The Morgan fingerprint density at radius 1 is 0.900 bits per heavy atom. The molecule has 0 fully saturated rings. The Kier molecular flexibility index (Phi) is 15.9. The number of aliphatic hydroxyl groups is 2. The van der Waals surface area contributed by atoms with Gasteiger partial charge in [0.2, 0.25) is 0 Å². The zero-order valence-electron chi connectivity index (χ0n) is 4.70. The van der Waals surface area contributed by atoms with Gasteiger partial charge in [0.05, 0.1) is 13.2 Å². The summed E-state index contributed by atoms with van der Waals surface area (Å²) in [5.74, 6) is 0. The molecule has 0 aromatic heterocycles. The van der Waals surface area contributed by atoms with Gasteiger partial charge in [0.1, 0.15) is 0 Å². The fourth-order valence-electron chi connectivity index (χ4n) is 0. The van der Waals surface area contributed by atoms with Crippen molar-refractivity contribution in [3.8, 4) is 0 Å². The first kappa shape index (κ1) is 16.8. The Balaban J connectivity index is -0.0000000910. The van der Waals surface area contributed by atoms with Gasteiger partial charge in [-0.25, -0.2) is 0 Å². The smallest absolute Gasteiger partial charge is 0.418 e. The zero-order valence-corrected chi connectivity index (χ0v) is 6.18. The van der Waals surface area contributed by atoms with Crippen LogP contribution in [0.15, 0.2) is 0 Å². The standard InChI is InChI=1S/C2H6O2.Ag.BF4/c3-1-2-4;;2-1(3,4)5/h3-4H,1-2H2;;/q;+1;-1. The van der Waals surface area contributed by atoms with Crippen LogP contribution < -0.4 is 0 Å². The summed E-state index contributed by atoms with van der Waals surface area (Å²) >= 11 is 0. The van der Waals surface area contributed by atoms with Gasteiger partial charge in [-0.3, -0.25) is 0 Å². The fourth-order valence-corrected chi connectivity index (χ4v) is 0. The quantitative estimate of drug-likeness (QED) is 0.522. The summed E-state index contributed by atoms with van der Waals surface area (Å²) < 4.78 is 39.0. The van der Waals surface area contributed by atoms with Crippen molar-refractivity contribution in [2.24, 2.45) is 0 Å². The Hall–Kier alpha value is 0.445. The molecule has 0 spiro atoms. The Labute approximate surface area is 70.8 Å². The maximum atomic E-state index is 9.75. The molecule has 2 N–H and O–H groups in total. The summed E-state index contributed by atoms with van der Waals surface area (Å²) in [5, 5.41) is 15.2. The van der Waals surface area contributed by atoms with Crippen molar-refractivity contribution in [2.75, 3.05) is 13.2 Å². The van der Waals surface area contributed by atoms with Gasteiger partial charge < -0.3 is 27.5 Å². The van der Waals surface area contributed by atoms with E-state index in [9.17, 15) is 17.3 Å². The molecule has 68 valence electrons. The second-order valence-electron chi connectivity index (χ2n) is 0.942. The van der Waals surface area contributed by atoms with E-state index in [1.807, 2.05) is 0 Å². The number of hydrogen-bond donors (Lipinski definition) is 2. The van der Waals surface area contributed by atoms with E-state index >= 15 is 0 Å². The third-order valence-corrected chi connectivity index (χ3v) is 0.1000. The van der Waals surface area contributed by atoms with Crippen LogP contribution in [0.2, 0.25) is 0 Å². The third kappa shape index (κ3) is 224. The van der Waals surface area contributed by atoms with E-state index in [1.165, 1.54) is 0 Å². The first-order valence-corrected chi connectivity index (χ1v) is 2.01. The molecule has 0 saturated carbocycles. The van der Waals surface area contributed by atoms with Crippen molar-refractivity contribution in [3.63, 3.8) is 0 Å². The van der Waals surface area contributed by atoms with Gasteiger partial charge in [-0.05, 0) is 0 Å². The van der Waals surface area contributed by atoms with Gasteiger partial charge in [0.25, 0.3) is 0 Å². The Morgan fingerprint density at radius 3 is 1.00 bits per heavy atom. The number of halogens is 4. The van der Waals surface area contributed by atoms with Crippen LogP contribution in [-0.4, -0.2) is 30.7 Å². The Morgan fingerprint density at radius 2 is 1.00 bits per heavy atom. The average molecular weight is 257 g/mol. The van der Waals surface area contributed by atoms with Crippen molar-refractivity contribution < 1.29 is 49.9 Å². The van der Waals surface area contributed by atoms with Crippen LogP contribution in [0.3, 0.4) is 0 Å². The second-order valence-corrected chi connectivity index (χ2v) is 0.942. The van der Waals surface area contributed by atoms with Crippen molar-refractivity contribution >= 4 is 7.25 Å². The molecule has 0 radical (unpaired) electrons. The van der Waals surface area contributed by atoms with E-state index in [4.69, 9.17) is 10.2 Å². The van der Waals surface area contributed by atoms with Crippen molar-refractivity contribution in [1.82, 2.24) is 0 Å². The summed E-state index contributed by atoms with van der Waals surface area (Å²) in [7, 11) is -6.00. The van der Waals surface area contributed by atoms with Crippen LogP contribution >= 0.6 is 0 Å². The maximum absolute atomic E-state index is 9.75. The van der Waals surface area contributed by atoms with Gasteiger partial charge in [0, 0.05) is 0 Å². The van der Waals surface area contributed by atoms with Gasteiger partial charge in [-0.1, -0.05) is 0 Å². The summed E-state index contributed by atoms with van der Waals surface area (Å²) in [6.45, 7) is -0.250. The molecule has 0 aliphatic heterocycles. The predicted octanol–water partition coefficient (Wildman–Crippen LogP) is 0.268. The Bertz CT molecular complexity index is 51.7. The molecule has 0 atom stereocenters. The zero-order chi connectivity index (χ0) is 7.91. The fraction of sp³-hybridized carbons (Fsp3) is 1.00. The molecular weight excluding hydrogens is 251 g/mol. The summed E-state index contributed by atoms with van der Waals surface area (Å²) in [5.41, 5.74) is 0. The topological polar surface area (TPSA) is 40.5 Å². The molecule has 0 bridgehead atoms. The van der Waals surface area contributed by atoms with E-state index in [0.717, 1.165) is 0 Å². The van der Waals surface area contributed by atoms with Crippen LogP contribution in [0.5, 0.6) is 0 Å². The molecule has 0 aliphatic carbocycles. The normalized spacial score (nSPS) is 9.00. The third-order valence-electron chi connectivity index (χ3n) is 0.1000. The summed E-state index contributed by atoms with van der Waals surface area (Å²) in [6.07, 6.45) is 0. The number of rotatable bonds is 1. The second kappa shape index (κ2) is 9.45. The van der Waals surface area contributed by atoms with Crippen molar-refractivity contribution in [1.29, 1.82) is 0 Å². The molecule has 0 aromatic carbocycles. The van der Waals surface area contributed by atoms with Gasteiger partial charge in [-0.2, -0.15) is 0 Å². The summed E-state index contributed by atoms with van der Waals surface area (Å²) in [6, 6.07) is 0. The first-order chi connectivity index (χ1) is 3.91. The SMILES string of the molecule is F[B-](F)(F)F.OCCO.[Ag+]. The van der Waals surface area contributed by atoms with Crippen LogP contribution in [0, 0.1) is 0 Å². The molecular formula is C2H6AgBF4O2. The first-order valence-electron chi connectivity index (χ1n) is 2.01. The summed E-state index contributed by atoms with van der Waals surface area (Å²) in [4.78, 5) is 0. The van der Waals surface area contributed by atoms with E-state index in [1.54, 1.807) is 0 Å². The number of aliphatic hydroxyl groups excluding tert-OH is 2. The average Bonchev–Trinajstić information content (AvgIpc) is 1.61. The van der Waals surface area contributed by atoms with E-state index in [2.05, 4.69) is 0 Å². The van der Waals surface area contributed by atoms with Crippen molar-refractivity contribution in [3.05, 3.63) is 0 Å². The number of hydrogen-bond acceptors (Lipinski definition) is 2. The minimum Gasteiger partial charge on any atom is -0.418 e.